The van der Waals surface area contributed by atoms with Gasteiger partial charge < -0.3 is 19.9 Å². The van der Waals surface area contributed by atoms with E-state index in [1.165, 1.54) is 16.2 Å². The summed E-state index contributed by atoms with van der Waals surface area (Å²) in [5, 5.41) is 29.6. The second kappa shape index (κ2) is 8.40. The number of hydrogen-bond donors (Lipinski definition) is 4. The van der Waals surface area contributed by atoms with Crippen LogP contribution in [0.15, 0.2) is 44.1 Å². The quantitative estimate of drug-likeness (QED) is 0.320. The normalized spacial score (nSPS) is 13.2. The zero-order chi connectivity index (χ0) is 23.0. The summed E-state index contributed by atoms with van der Waals surface area (Å²) < 4.78 is 7.99. The van der Waals surface area contributed by atoms with Crippen molar-refractivity contribution in [1.29, 1.82) is 0 Å². The van der Waals surface area contributed by atoms with E-state index in [1.54, 1.807) is 18.2 Å². The molecule has 3 heterocycles. The number of rotatable bonds is 7. The summed E-state index contributed by atoms with van der Waals surface area (Å²) in [6.07, 6.45) is -1.06. The molecule has 0 radical (unpaired) electrons. The van der Waals surface area contributed by atoms with E-state index in [-0.39, 0.29) is 47.9 Å². The molecule has 168 valence electrons. The van der Waals surface area contributed by atoms with Crippen LogP contribution in [0, 0.1) is 0 Å². The summed E-state index contributed by atoms with van der Waals surface area (Å²) >= 11 is 0. The molecule has 0 bridgehead atoms. The molecule has 3 aromatic heterocycles. The molecular weight excluding hydrogens is 418 g/mol. The molecule has 0 saturated heterocycles. The van der Waals surface area contributed by atoms with Gasteiger partial charge in [-0.05, 0) is 19.9 Å². The van der Waals surface area contributed by atoms with Gasteiger partial charge in [-0.25, -0.2) is 4.79 Å². The van der Waals surface area contributed by atoms with E-state index >= 15 is 0 Å². The molecule has 1 aromatic carbocycles. The number of aryl methyl sites for hydroxylation is 1. The first-order chi connectivity index (χ1) is 15.3. The summed E-state index contributed by atoms with van der Waals surface area (Å²) in [4.78, 5) is 33.9. The van der Waals surface area contributed by atoms with Gasteiger partial charge in [-0.3, -0.25) is 18.9 Å². The number of nitrogens with one attached hydrogen (secondary N) is 2. The maximum absolute atomic E-state index is 12.5. The summed E-state index contributed by atoms with van der Waals surface area (Å²) in [7, 11) is 1.46. The van der Waals surface area contributed by atoms with E-state index in [9.17, 15) is 19.8 Å². The van der Waals surface area contributed by atoms with Crippen molar-refractivity contribution < 1.29 is 14.9 Å². The fourth-order valence-corrected chi connectivity index (χ4v) is 3.35. The lowest BCUT2D eigenvalue weighted by molar-refractivity contribution is -0.000142. The zero-order valence-corrected chi connectivity index (χ0v) is 17.7. The number of imidazole rings is 1. The molecule has 0 fully saturated rings. The van der Waals surface area contributed by atoms with Gasteiger partial charge in [-0.2, -0.15) is 4.98 Å². The number of fused-ring (bicyclic) bond motifs is 2. The van der Waals surface area contributed by atoms with Gasteiger partial charge in [0.1, 0.15) is 0 Å². The lowest BCUT2D eigenvalue weighted by Gasteiger charge is -2.15. The maximum atomic E-state index is 12.5. The van der Waals surface area contributed by atoms with Crippen molar-refractivity contribution in [2.75, 3.05) is 6.61 Å². The van der Waals surface area contributed by atoms with Crippen molar-refractivity contribution in [1.82, 2.24) is 24.1 Å². The third-order valence-corrected chi connectivity index (χ3v) is 4.90. The molecule has 0 spiro atoms. The van der Waals surface area contributed by atoms with Crippen LogP contribution in [0.2, 0.25) is 0 Å². The van der Waals surface area contributed by atoms with Crippen LogP contribution in [0.1, 0.15) is 13.8 Å². The van der Waals surface area contributed by atoms with Gasteiger partial charge in [0.25, 0.3) is 11.5 Å². The summed E-state index contributed by atoms with van der Waals surface area (Å²) in [5.41, 5.74) is -0.267. The fraction of sp³-hybridized carbons (Fsp3) is 0.350. The fourth-order valence-electron chi connectivity index (χ4n) is 3.35. The van der Waals surface area contributed by atoms with Crippen LogP contribution in [-0.2, 0) is 18.3 Å². The number of aromatic amines is 2. The van der Waals surface area contributed by atoms with Crippen molar-refractivity contribution in [3.8, 4) is 5.88 Å². The minimum absolute atomic E-state index is 0.0139. The van der Waals surface area contributed by atoms with E-state index in [1.807, 2.05) is 19.9 Å². The first-order valence-electron chi connectivity index (χ1n) is 9.97. The molecule has 4 rings (SSSR count). The monoisotopic (exact) mass is 441 g/mol. The standard InChI is InChI=1S/C20H23N7O5/c1-10(2)32-9-11(28)8-27-15-16(26(3)20(31)23-18(15)30)22-19(27)25-24-14-12-6-4-5-7-13(12)21-17(14)29/h4-7,10-11,21,28-29H,8-9H2,1-3H3,(H,23,30,31). The number of ether oxygens (including phenoxy) is 1. The van der Waals surface area contributed by atoms with Crippen LogP contribution in [0.4, 0.5) is 11.6 Å². The topological polar surface area (TPSA) is 163 Å². The Morgan fingerprint density at radius 1 is 1.19 bits per heavy atom. The number of azo groups is 1. The summed E-state index contributed by atoms with van der Waals surface area (Å²) in [5.74, 6) is -0.187. The largest absolute Gasteiger partial charge is 0.493 e. The lowest BCUT2D eigenvalue weighted by atomic mass is 10.2. The third-order valence-electron chi connectivity index (χ3n) is 4.90. The molecule has 12 nitrogen and oxygen atoms in total. The Morgan fingerprint density at radius 3 is 2.69 bits per heavy atom. The maximum Gasteiger partial charge on any atom is 0.329 e. The highest BCUT2D eigenvalue weighted by Crippen LogP contribution is 2.36. The number of H-pyrrole nitrogens is 2. The molecule has 12 heteroatoms. The number of aliphatic hydroxyl groups excluding tert-OH is 1. The predicted octanol–water partition coefficient (Wildman–Crippen LogP) is 1.81. The van der Waals surface area contributed by atoms with Crippen LogP contribution < -0.4 is 11.2 Å². The van der Waals surface area contributed by atoms with Gasteiger partial charge in [0.05, 0.1) is 30.9 Å². The van der Waals surface area contributed by atoms with Crippen LogP contribution >= 0.6 is 0 Å². The SMILES string of the molecule is CC(C)OCC(O)Cn1c(N=Nc2c(O)[nH]c3ccccc23)nc2c1c(=O)[nH]c(=O)n2C. The van der Waals surface area contributed by atoms with Gasteiger partial charge in [-0.15, -0.1) is 10.2 Å². The number of nitrogens with zero attached hydrogens (tertiary/aromatic N) is 5. The van der Waals surface area contributed by atoms with E-state index in [0.29, 0.717) is 10.9 Å². The van der Waals surface area contributed by atoms with E-state index in [4.69, 9.17) is 4.74 Å². The highest BCUT2D eigenvalue weighted by molar-refractivity contribution is 5.94. The first kappa shape index (κ1) is 21.5. The third kappa shape index (κ3) is 3.92. The Morgan fingerprint density at radius 2 is 1.94 bits per heavy atom. The zero-order valence-electron chi connectivity index (χ0n) is 17.7. The Bertz CT molecular complexity index is 1430. The van der Waals surface area contributed by atoms with E-state index < -0.39 is 17.4 Å². The van der Waals surface area contributed by atoms with Crippen molar-refractivity contribution in [3.05, 3.63) is 45.1 Å². The van der Waals surface area contributed by atoms with Gasteiger partial charge >= 0.3 is 5.69 Å². The molecule has 0 amide bonds. The average molecular weight is 441 g/mol. The Hall–Kier alpha value is -3.77. The van der Waals surface area contributed by atoms with Crippen LogP contribution in [-0.4, -0.2) is 53.1 Å². The lowest BCUT2D eigenvalue weighted by Crippen LogP contribution is -2.30. The molecule has 4 aromatic rings. The molecule has 0 saturated carbocycles. The molecule has 0 aliphatic carbocycles. The summed E-state index contributed by atoms with van der Waals surface area (Å²) in [6, 6.07) is 7.16. The Labute approximate surface area is 180 Å². The minimum atomic E-state index is -0.970. The molecule has 4 N–H and O–H groups in total. The number of aromatic hydroxyl groups is 1. The van der Waals surface area contributed by atoms with Gasteiger partial charge in [0.15, 0.2) is 16.9 Å². The Kier molecular flexibility index (Phi) is 5.63. The van der Waals surface area contributed by atoms with Gasteiger partial charge in [0.2, 0.25) is 5.88 Å². The van der Waals surface area contributed by atoms with Crippen molar-refractivity contribution in [2.24, 2.45) is 17.3 Å². The number of benzene rings is 1. The molecule has 1 atom stereocenters. The molecule has 0 aliphatic heterocycles. The highest BCUT2D eigenvalue weighted by atomic mass is 16.5. The highest BCUT2D eigenvalue weighted by Gasteiger charge is 2.20. The Balaban J connectivity index is 1.82. The molecule has 32 heavy (non-hydrogen) atoms. The summed E-state index contributed by atoms with van der Waals surface area (Å²) in [6.45, 7) is 3.64. The van der Waals surface area contributed by atoms with Crippen LogP contribution in [0.3, 0.4) is 0 Å². The second-order valence-electron chi connectivity index (χ2n) is 7.62. The van der Waals surface area contributed by atoms with E-state index in [2.05, 4.69) is 25.2 Å². The van der Waals surface area contributed by atoms with Crippen molar-refractivity contribution >= 4 is 33.7 Å². The number of hydrogen-bond acceptors (Lipinski definition) is 8. The molecule has 1 unspecified atom stereocenters. The molecular formula is C20H23N7O5. The van der Waals surface area contributed by atoms with Crippen molar-refractivity contribution in [3.63, 3.8) is 0 Å². The minimum Gasteiger partial charge on any atom is -0.493 e. The van der Waals surface area contributed by atoms with Gasteiger partial charge in [0, 0.05) is 12.4 Å². The molecule has 0 aliphatic rings. The van der Waals surface area contributed by atoms with Crippen LogP contribution in [0.25, 0.3) is 22.1 Å². The second-order valence-corrected chi connectivity index (χ2v) is 7.62. The smallest absolute Gasteiger partial charge is 0.329 e. The van der Waals surface area contributed by atoms with E-state index in [0.717, 1.165) is 0 Å². The van der Waals surface area contributed by atoms with Crippen LogP contribution in [0.5, 0.6) is 5.88 Å². The number of aliphatic hydroxyl groups is 1. The number of aromatic nitrogens is 5. The first-order valence-corrected chi connectivity index (χ1v) is 9.97. The van der Waals surface area contributed by atoms with Crippen molar-refractivity contribution in [2.45, 2.75) is 32.6 Å². The predicted molar refractivity (Wildman–Crippen MR) is 117 cm³/mol. The van der Waals surface area contributed by atoms with Gasteiger partial charge in [-0.1, -0.05) is 18.2 Å². The number of para-hydroxylation sites is 1. The average Bonchev–Trinajstić information content (AvgIpc) is 3.26.